The van der Waals surface area contributed by atoms with Gasteiger partial charge in [0, 0.05) is 5.56 Å². The number of aryl methyl sites for hydroxylation is 1. The Bertz CT molecular complexity index is 508. The molecule has 0 aromatic heterocycles. The molecular formula is C17H24O3. The van der Waals surface area contributed by atoms with Gasteiger partial charge in [-0.15, -0.1) is 0 Å². The van der Waals surface area contributed by atoms with E-state index in [0.29, 0.717) is 5.75 Å². The van der Waals surface area contributed by atoms with Gasteiger partial charge in [-0.2, -0.15) is 0 Å². The Morgan fingerprint density at radius 1 is 1.25 bits per heavy atom. The molecule has 3 nitrogen and oxygen atoms in total. The summed E-state index contributed by atoms with van der Waals surface area (Å²) in [5, 5.41) is 0. The summed E-state index contributed by atoms with van der Waals surface area (Å²) in [4.78, 5) is 11.7. The van der Waals surface area contributed by atoms with Crippen LogP contribution in [0.5, 0.6) is 5.75 Å². The number of hydrogen-bond acceptors (Lipinski definition) is 3. The number of hydrogen-bond donors (Lipinski definition) is 0. The molecule has 1 aromatic carbocycles. The summed E-state index contributed by atoms with van der Waals surface area (Å²) in [6, 6.07) is 3.88. The lowest BCUT2D eigenvalue weighted by molar-refractivity contribution is -0.157. The SMILES string of the molecule is CC=Cc1c(OCC(=O)OC(C)(C)C)ccc(C)c1C. The minimum absolute atomic E-state index is 0.0790. The molecule has 20 heavy (non-hydrogen) atoms. The van der Waals surface area contributed by atoms with Crippen molar-refractivity contribution in [1.82, 2.24) is 0 Å². The van der Waals surface area contributed by atoms with Crippen molar-refractivity contribution in [3.05, 3.63) is 34.9 Å². The fourth-order valence-electron chi connectivity index (χ4n) is 1.82. The molecule has 0 N–H and O–H groups in total. The van der Waals surface area contributed by atoms with E-state index in [1.807, 2.05) is 58.9 Å². The number of esters is 1. The summed E-state index contributed by atoms with van der Waals surface area (Å²) in [7, 11) is 0. The van der Waals surface area contributed by atoms with Gasteiger partial charge in [-0.25, -0.2) is 4.79 Å². The summed E-state index contributed by atoms with van der Waals surface area (Å²) >= 11 is 0. The van der Waals surface area contributed by atoms with Crippen LogP contribution in [-0.4, -0.2) is 18.2 Å². The molecular weight excluding hydrogens is 252 g/mol. The maximum absolute atomic E-state index is 11.7. The number of ether oxygens (including phenoxy) is 2. The molecule has 0 heterocycles. The van der Waals surface area contributed by atoms with Crippen LogP contribution in [0.3, 0.4) is 0 Å². The highest BCUT2D eigenvalue weighted by molar-refractivity contribution is 5.72. The lowest BCUT2D eigenvalue weighted by atomic mass is 10.0. The van der Waals surface area contributed by atoms with E-state index >= 15 is 0 Å². The fraction of sp³-hybridized carbons (Fsp3) is 0.471. The smallest absolute Gasteiger partial charge is 0.344 e. The van der Waals surface area contributed by atoms with Crippen LogP contribution in [0.15, 0.2) is 18.2 Å². The Labute approximate surface area is 121 Å². The number of allylic oxidation sites excluding steroid dienone is 1. The summed E-state index contributed by atoms with van der Waals surface area (Å²) in [5.41, 5.74) is 2.87. The van der Waals surface area contributed by atoms with Crippen molar-refractivity contribution in [2.75, 3.05) is 6.61 Å². The van der Waals surface area contributed by atoms with Gasteiger partial charge >= 0.3 is 5.97 Å². The van der Waals surface area contributed by atoms with E-state index < -0.39 is 5.60 Å². The molecule has 0 saturated heterocycles. The minimum Gasteiger partial charge on any atom is -0.481 e. The topological polar surface area (TPSA) is 35.5 Å². The highest BCUT2D eigenvalue weighted by Gasteiger charge is 2.17. The molecule has 0 aliphatic carbocycles. The predicted octanol–water partition coefficient (Wildman–Crippen LogP) is 4.06. The van der Waals surface area contributed by atoms with Crippen molar-refractivity contribution in [1.29, 1.82) is 0 Å². The lowest BCUT2D eigenvalue weighted by Crippen LogP contribution is -2.27. The van der Waals surface area contributed by atoms with Crippen LogP contribution in [-0.2, 0) is 9.53 Å². The van der Waals surface area contributed by atoms with Crippen molar-refractivity contribution in [3.8, 4) is 5.75 Å². The third-order valence-electron chi connectivity index (χ3n) is 2.84. The molecule has 0 bridgehead atoms. The van der Waals surface area contributed by atoms with Crippen LogP contribution in [0.25, 0.3) is 6.08 Å². The van der Waals surface area contributed by atoms with Crippen LogP contribution in [0.2, 0.25) is 0 Å². The van der Waals surface area contributed by atoms with Crippen molar-refractivity contribution in [3.63, 3.8) is 0 Å². The molecule has 0 spiro atoms. The normalized spacial score (nSPS) is 11.7. The largest absolute Gasteiger partial charge is 0.481 e. The first-order valence-electron chi connectivity index (χ1n) is 6.82. The molecule has 0 atom stereocenters. The first-order chi connectivity index (χ1) is 9.24. The van der Waals surface area contributed by atoms with Crippen LogP contribution in [0.4, 0.5) is 0 Å². The van der Waals surface area contributed by atoms with E-state index in [-0.39, 0.29) is 12.6 Å². The van der Waals surface area contributed by atoms with Crippen molar-refractivity contribution < 1.29 is 14.3 Å². The monoisotopic (exact) mass is 276 g/mol. The second kappa shape index (κ2) is 6.60. The van der Waals surface area contributed by atoms with E-state index in [2.05, 4.69) is 6.92 Å². The van der Waals surface area contributed by atoms with E-state index in [1.165, 1.54) is 5.56 Å². The standard InChI is InChI=1S/C17H24O3/c1-7-8-14-13(3)12(2)9-10-15(14)19-11-16(18)20-17(4,5)6/h7-10H,11H2,1-6H3. The van der Waals surface area contributed by atoms with Gasteiger partial charge in [0.1, 0.15) is 11.4 Å². The van der Waals surface area contributed by atoms with Gasteiger partial charge in [0.2, 0.25) is 0 Å². The lowest BCUT2D eigenvalue weighted by Gasteiger charge is -2.20. The van der Waals surface area contributed by atoms with Crippen LogP contribution < -0.4 is 4.74 Å². The molecule has 3 heteroatoms. The minimum atomic E-state index is -0.490. The van der Waals surface area contributed by atoms with Gasteiger partial charge in [-0.3, -0.25) is 0 Å². The van der Waals surface area contributed by atoms with Crippen molar-refractivity contribution >= 4 is 12.0 Å². The molecule has 1 rings (SSSR count). The second-order valence-corrected chi connectivity index (χ2v) is 5.79. The summed E-state index contributed by atoms with van der Waals surface area (Å²) < 4.78 is 10.8. The highest BCUT2D eigenvalue weighted by Crippen LogP contribution is 2.26. The number of carbonyl (C=O) groups is 1. The van der Waals surface area contributed by atoms with Crippen molar-refractivity contribution in [2.45, 2.75) is 47.1 Å². The highest BCUT2D eigenvalue weighted by atomic mass is 16.6. The zero-order valence-electron chi connectivity index (χ0n) is 13.2. The Balaban J connectivity index is 2.83. The Morgan fingerprint density at radius 2 is 1.90 bits per heavy atom. The van der Waals surface area contributed by atoms with Gasteiger partial charge in [-0.05, 0) is 58.7 Å². The van der Waals surface area contributed by atoms with Gasteiger partial charge in [0.05, 0.1) is 0 Å². The second-order valence-electron chi connectivity index (χ2n) is 5.79. The molecule has 0 amide bonds. The maximum atomic E-state index is 11.7. The quantitative estimate of drug-likeness (QED) is 0.778. The van der Waals surface area contributed by atoms with E-state index in [1.54, 1.807) is 0 Å². The van der Waals surface area contributed by atoms with E-state index in [4.69, 9.17) is 9.47 Å². The summed E-state index contributed by atoms with van der Waals surface area (Å²) in [6.07, 6.45) is 3.95. The molecule has 0 aliphatic heterocycles. The maximum Gasteiger partial charge on any atom is 0.344 e. The van der Waals surface area contributed by atoms with E-state index in [9.17, 15) is 4.79 Å². The van der Waals surface area contributed by atoms with Gasteiger partial charge in [0.25, 0.3) is 0 Å². The molecule has 0 aliphatic rings. The third-order valence-corrected chi connectivity index (χ3v) is 2.84. The number of rotatable bonds is 4. The molecule has 0 unspecified atom stereocenters. The Morgan fingerprint density at radius 3 is 2.45 bits per heavy atom. The zero-order chi connectivity index (χ0) is 15.3. The Hall–Kier alpha value is -1.77. The first-order valence-corrected chi connectivity index (χ1v) is 6.82. The van der Waals surface area contributed by atoms with Gasteiger partial charge < -0.3 is 9.47 Å². The van der Waals surface area contributed by atoms with Gasteiger partial charge in [-0.1, -0.05) is 18.2 Å². The number of carbonyl (C=O) groups excluding carboxylic acids is 1. The summed E-state index contributed by atoms with van der Waals surface area (Å²) in [5.74, 6) is 0.346. The average Bonchev–Trinajstić information content (AvgIpc) is 2.32. The average molecular weight is 276 g/mol. The molecule has 0 saturated carbocycles. The third kappa shape index (κ3) is 4.72. The Kier molecular flexibility index (Phi) is 5.37. The number of benzene rings is 1. The van der Waals surface area contributed by atoms with Gasteiger partial charge in [0.15, 0.2) is 6.61 Å². The predicted molar refractivity (Wildman–Crippen MR) is 82.0 cm³/mol. The van der Waals surface area contributed by atoms with E-state index in [0.717, 1.165) is 11.1 Å². The molecule has 1 aromatic rings. The zero-order valence-corrected chi connectivity index (χ0v) is 13.2. The van der Waals surface area contributed by atoms with Crippen LogP contribution in [0, 0.1) is 13.8 Å². The van der Waals surface area contributed by atoms with Crippen LogP contribution >= 0.6 is 0 Å². The first kappa shape index (κ1) is 16.3. The molecule has 110 valence electrons. The molecule has 0 fully saturated rings. The van der Waals surface area contributed by atoms with Crippen molar-refractivity contribution in [2.24, 2.45) is 0 Å². The fourth-order valence-corrected chi connectivity index (χ4v) is 1.82. The summed E-state index contributed by atoms with van der Waals surface area (Å²) in [6.45, 7) is 11.5. The molecule has 0 radical (unpaired) electrons. The van der Waals surface area contributed by atoms with Crippen LogP contribution in [0.1, 0.15) is 44.4 Å².